The SMILES string of the molecule is CCC(CC)C(=O)Nc1ccccc1C(=O)Nc1cccc(OC)c1. The standard InChI is InChI=1S/C20H24N2O3/c1-4-14(5-2)19(23)22-18-12-7-6-11-17(18)20(24)21-15-9-8-10-16(13-15)25-3/h6-14H,4-5H2,1-3H3,(H,21,24)(H,22,23). The van der Waals surface area contributed by atoms with Gasteiger partial charge in [0.05, 0.1) is 18.4 Å². The Morgan fingerprint density at radius 2 is 1.72 bits per heavy atom. The van der Waals surface area contributed by atoms with E-state index >= 15 is 0 Å². The van der Waals surface area contributed by atoms with Gasteiger partial charge in [0.15, 0.2) is 0 Å². The zero-order valence-corrected chi connectivity index (χ0v) is 14.8. The average Bonchev–Trinajstić information content (AvgIpc) is 2.63. The van der Waals surface area contributed by atoms with Crippen LogP contribution < -0.4 is 15.4 Å². The smallest absolute Gasteiger partial charge is 0.257 e. The van der Waals surface area contributed by atoms with Gasteiger partial charge in [0.2, 0.25) is 5.91 Å². The molecule has 0 atom stereocenters. The number of carbonyl (C=O) groups is 2. The molecule has 0 aliphatic heterocycles. The average molecular weight is 340 g/mol. The highest BCUT2D eigenvalue weighted by atomic mass is 16.5. The first-order chi connectivity index (χ1) is 12.1. The summed E-state index contributed by atoms with van der Waals surface area (Å²) in [6.07, 6.45) is 1.53. The molecule has 2 aromatic rings. The summed E-state index contributed by atoms with van der Waals surface area (Å²) in [6.45, 7) is 3.96. The maximum Gasteiger partial charge on any atom is 0.257 e. The number of amides is 2. The van der Waals surface area contributed by atoms with Crippen LogP contribution in [0.25, 0.3) is 0 Å². The second-order valence-corrected chi connectivity index (χ2v) is 5.73. The van der Waals surface area contributed by atoms with Gasteiger partial charge in [-0.3, -0.25) is 9.59 Å². The van der Waals surface area contributed by atoms with Gasteiger partial charge in [-0.25, -0.2) is 0 Å². The molecule has 132 valence electrons. The largest absolute Gasteiger partial charge is 0.497 e. The predicted octanol–water partition coefficient (Wildman–Crippen LogP) is 4.32. The van der Waals surface area contributed by atoms with E-state index in [0.29, 0.717) is 22.7 Å². The van der Waals surface area contributed by atoms with E-state index in [1.807, 2.05) is 13.8 Å². The van der Waals surface area contributed by atoms with Crippen molar-refractivity contribution in [3.8, 4) is 5.75 Å². The van der Waals surface area contributed by atoms with E-state index in [1.165, 1.54) is 0 Å². The summed E-state index contributed by atoms with van der Waals surface area (Å²) in [7, 11) is 1.57. The number of hydrogen-bond donors (Lipinski definition) is 2. The lowest BCUT2D eigenvalue weighted by Crippen LogP contribution is -2.24. The Morgan fingerprint density at radius 1 is 1.00 bits per heavy atom. The van der Waals surface area contributed by atoms with Gasteiger partial charge in [-0.05, 0) is 37.1 Å². The maximum absolute atomic E-state index is 12.6. The molecule has 0 saturated carbocycles. The van der Waals surface area contributed by atoms with Gasteiger partial charge in [-0.15, -0.1) is 0 Å². The van der Waals surface area contributed by atoms with E-state index in [0.717, 1.165) is 12.8 Å². The summed E-state index contributed by atoms with van der Waals surface area (Å²) in [6, 6.07) is 14.1. The lowest BCUT2D eigenvalue weighted by atomic mass is 10.0. The number of nitrogens with one attached hydrogen (secondary N) is 2. The second kappa shape index (κ2) is 8.87. The van der Waals surface area contributed by atoms with Crippen molar-refractivity contribution in [2.75, 3.05) is 17.7 Å². The van der Waals surface area contributed by atoms with Gasteiger partial charge in [0, 0.05) is 17.7 Å². The van der Waals surface area contributed by atoms with Gasteiger partial charge in [-0.1, -0.05) is 32.0 Å². The molecule has 0 aliphatic rings. The molecule has 0 spiro atoms. The molecule has 2 N–H and O–H groups in total. The minimum absolute atomic E-state index is 0.0606. The summed E-state index contributed by atoms with van der Waals surface area (Å²) < 4.78 is 5.16. The predicted molar refractivity (Wildman–Crippen MR) is 100 cm³/mol. The van der Waals surface area contributed by atoms with Crippen molar-refractivity contribution >= 4 is 23.2 Å². The van der Waals surface area contributed by atoms with Crippen LogP contribution in [0.5, 0.6) is 5.75 Å². The van der Waals surface area contributed by atoms with Crippen LogP contribution in [-0.4, -0.2) is 18.9 Å². The Bertz CT molecular complexity index is 739. The minimum Gasteiger partial charge on any atom is -0.497 e. The number of rotatable bonds is 7. The molecule has 25 heavy (non-hydrogen) atoms. The van der Waals surface area contributed by atoms with Crippen molar-refractivity contribution in [1.29, 1.82) is 0 Å². The third-order valence-electron chi connectivity index (χ3n) is 4.11. The van der Waals surface area contributed by atoms with Crippen LogP contribution in [0.4, 0.5) is 11.4 Å². The van der Waals surface area contributed by atoms with Crippen LogP contribution in [0, 0.1) is 5.92 Å². The number of ether oxygens (including phenoxy) is 1. The van der Waals surface area contributed by atoms with Crippen LogP contribution in [0.1, 0.15) is 37.0 Å². The Morgan fingerprint density at radius 3 is 2.40 bits per heavy atom. The van der Waals surface area contributed by atoms with Crippen LogP contribution in [0.15, 0.2) is 48.5 Å². The number of benzene rings is 2. The zero-order valence-electron chi connectivity index (χ0n) is 14.8. The van der Waals surface area contributed by atoms with Crippen molar-refractivity contribution in [1.82, 2.24) is 0 Å². The minimum atomic E-state index is -0.284. The first kappa shape index (κ1) is 18.5. The Hall–Kier alpha value is -2.82. The molecule has 0 fully saturated rings. The Labute approximate surface area is 148 Å². The molecule has 0 aromatic heterocycles. The normalized spacial score (nSPS) is 10.4. The van der Waals surface area contributed by atoms with Crippen molar-refractivity contribution in [3.05, 3.63) is 54.1 Å². The third kappa shape index (κ3) is 4.83. The topological polar surface area (TPSA) is 67.4 Å². The van der Waals surface area contributed by atoms with Crippen molar-refractivity contribution in [2.24, 2.45) is 5.92 Å². The fraction of sp³-hybridized carbons (Fsp3) is 0.300. The highest BCUT2D eigenvalue weighted by Crippen LogP contribution is 2.21. The molecule has 0 heterocycles. The molecule has 2 amide bonds. The monoisotopic (exact) mass is 340 g/mol. The van der Waals surface area contributed by atoms with Gasteiger partial charge < -0.3 is 15.4 Å². The van der Waals surface area contributed by atoms with E-state index in [2.05, 4.69) is 10.6 Å². The van der Waals surface area contributed by atoms with Crippen LogP contribution in [0.3, 0.4) is 0 Å². The second-order valence-electron chi connectivity index (χ2n) is 5.73. The fourth-order valence-electron chi connectivity index (χ4n) is 2.58. The van der Waals surface area contributed by atoms with E-state index in [1.54, 1.807) is 55.6 Å². The summed E-state index contributed by atoms with van der Waals surface area (Å²) in [5.74, 6) is 0.253. The number of hydrogen-bond acceptors (Lipinski definition) is 3. The lowest BCUT2D eigenvalue weighted by molar-refractivity contribution is -0.120. The number of anilines is 2. The van der Waals surface area contributed by atoms with Crippen LogP contribution >= 0.6 is 0 Å². The summed E-state index contributed by atoms with van der Waals surface area (Å²) in [4.78, 5) is 25.0. The van der Waals surface area contributed by atoms with Gasteiger partial charge >= 0.3 is 0 Å². The Balaban J connectivity index is 2.18. The summed E-state index contributed by atoms with van der Waals surface area (Å²) in [5, 5.41) is 5.71. The molecule has 2 rings (SSSR count). The molecule has 2 aromatic carbocycles. The van der Waals surface area contributed by atoms with Crippen molar-refractivity contribution in [2.45, 2.75) is 26.7 Å². The van der Waals surface area contributed by atoms with E-state index in [-0.39, 0.29) is 17.7 Å². The molecule has 0 aliphatic carbocycles. The number of methoxy groups -OCH3 is 1. The van der Waals surface area contributed by atoms with Gasteiger partial charge in [0.25, 0.3) is 5.91 Å². The van der Waals surface area contributed by atoms with E-state index in [9.17, 15) is 9.59 Å². The van der Waals surface area contributed by atoms with E-state index < -0.39 is 0 Å². The molecule has 0 bridgehead atoms. The molecule has 5 nitrogen and oxygen atoms in total. The van der Waals surface area contributed by atoms with Gasteiger partial charge in [-0.2, -0.15) is 0 Å². The van der Waals surface area contributed by atoms with Crippen LogP contribution in [-0.2, 0) is 4.79 Å². The first-order valence-electron chi connectivity index (χ1n) is 8.44. The zero-order chi connectivity index (χ0) is 18.2. The van der Waals surface area contributed by atoms with E-state index in [4.69, 9.17) is 4.74 Å². The fourth-order valence-corrected chi connectivity index (χ4v) is 2.58. The third-order valence-corrected chi connectivity index (χ3v) is 4.11. The molecular weight excluding hydrogens is 316 g/mol. The molecule has 0 radical (unpaired) electrons. The highest BCUT2D eigenvalue weighted by Gasteiger charge is 2.18. The summed E-state index contributed by atoms with van der Waals surface area (Å²) in [5.41, 5.74) is 1.56. The van der Waals surface area contributed by atoms with Crippen molar-refractivity contribution in [3.63, 3.8) is 0 Å². The van der Waals surface area contributed by atoms with Gasteiger partial charge in [0.1, 0.15) is 5.75 Å². The molecule has 5 heteroatoms. The lowest BCUT2D eigenvalue weighted by Gasteiger charge is -2.15. The van der Waals surface area contributed by atoms with Crippen LogP contribution in [0.2, 0.25) is 0 Å². The number of carbonyl (C=O) groups excluding carboxylic acids is 2. The van der Waals surface area contributed by atoms with Crippen molar-refractivity contribution < 1.29 is 14.3 Å². The summed E-state index contributed by atoms with van der Waals surface area (Å²) >= 11 is 0. The first-order valence-corrected chi connectivity index (χ1v) is 8.44. The quantitative estimate of drug-likeness (QED) is 0.788. The Kier molecular flexibility index (Phi) is 6.57. The highest BCUT2D eigenvalue weighted by molar-refractivity contribution is 6.10. The molecule has 0 saturated heterocycles. The number of para-hydroxylation sites is 1. The maximum atomic E-state index is 12.6. The molecule has 0 unspecified atom stereocenters. The molecular formula is C20H24N2O3.